The van der Waals surface area contributed by atoms with Gasteiger partial charge in [-0.05, 0) is 19.1 Å². The molecular weight excluding hydrogens is 328 g/mol. The lowest BCUT2D eigenvalue weighted by atomic mass is 10.0. The summed E-state index contributed by atoms with van der Waals surface area (Å²) in [5.41, 5.74) is 0.744. The van der Waals surface area contributed by atoms with E-state index in [9.17, 15) is 4.79 Å². The molecule has 1 aliphatic rings. The minimum Gasteiger partial charge on any atom is -0.354 e. The van der Waals surface area contributed by atoms with Crippen LogP contribution >= 0.6 is 11.3 Å². The number of fused-ring (bicyclic) bond motifs is 1. The fourth-order valence-electron chi connectivity index (χ4n) is 2.60. The Morgan fingerprint density at radius 1 is 1.38 bits per heavy atom. The van der Waals surface area contributed by atoms with Crippen LogP contribution in [0.15, 0.2) is 23.7 Å². The molecule has 0 bridgehead atoms. The first-order valence-corrected chi connectivity index (χ1v) is 8.45. The number of hydrogen-bond acceptors (Lipinski definition) is 7. The molecule has 124 valence electrons. The first-order chi connectivity index (χ1) is 11.7. The molecule has 3 aromatic rings. The second-order valence-corrected chi connectivity index (χ2v) is 6.55. The third kappa shape index (κ3) is 2.87. The molecule has 0 saturated carbocycles. The number of rotatable bonds is 4. The quantitative estimate of drug-likeness (QED) is 0.736. The van der Waals surface area contributed by atoms with Gasteiger partial charge in [-0.15, -0.1) is 26.6 Å². The van der Waals surface area contributed by atoms with E-state index < -0.39 is 0 Å². The average Bonchev–Trinajstić information content (AvgIpc) is 3.16. The van der Waals surface area contributed by atoms with E-state index in [1.54, 1.807) is 10.7 Å². The summed E-state index contributed by atoms with van der Waals surface area (Å²) in [6.07, 6.45) is 1.66. The Morgan fingerprint density at radius 2 is 2.25 bits per heavy atom. The second-order valence-electron chi connectivity index (χ2n) is 5.65. The van der Waals surface area contributed by atoms with E-state index in [0.29, 0.717) is 17.6 Å². The summed E-state index contributed by atoms with van der Waals surface area (Å²) in [6.45, 7) is 4.22. The molecule has 0 atom stereocenters. The number of urea groups is 1. The maximum Gasteiger partial charge on any atom is 0.321 e. The van der Waals surface area contributed by atoms with Crippen molar-refractivity contribution in [3.63, 3.8) is 0 Å². The molecule has 1 fully saturated rings. The normalized spacial score (nSPS) is 14.6. The van der Waals surface area contributed by atoms with Crippen LogP contribution in [-0.2, 0) is 0 Å². The van der Waals surface area contributed by atoms with Gasteiger partial charge in [-0.3, -0.25) is 5.32 Å². The van der Waals surface area contributed by atoms with E-state index in [4.69, 9.17) is 0 Å². The van der Waals surface area contributed by atoms with Crippen molar-refractivity contribution in [2.24, 2.45) is 5.92 Å². The van der Waals surface area contributed by atoms with Crippen LogP contribution in [0.3, 0.4) is 0 Å². The van der Waals surface area contributed by atoms with E-state index in [2.05, 4.69) is 35.8 Å². The Hall–Kier alpha value is -2.75. The number of aryl methyl sites for hydroxylation is 1. The van der Waals surface area contributed by atoms with Crippen molar-refractivity contribution in [1.82, 2.24) is 30.1 Å². The third-order valence-corrected chi connectivity index (χ3v) is 4.58. The van der Waals surface area contributed by atoms with Crippen molar-refractivity contribution < 1.29 is 4.79 Å². The molecule has 0 unspecified atom stereocenters. The van der Waals surface area contributed by atoms with E-state index in [0.717, 1.165) is 30.4 Å². The van der Waals surface area contributed by atoms with Gasteiger partial charge in [0.1, 0.15) is 5.82 Å². The third-order valence-electron chi connectivity index (χ3n) is 3.89. The van der Waals surface area contributed by atoms with Gasteiger partial charge in [-0.25, -0.2) is 9.78 Å². The Balaban J connectivity index is 1.28. The second kappa shape index (κ2) is 6.04. The van der Waals surface area contributed by atoms with Crippen molar-refractivity contribution in [1.29, 1.82) is 0 Å². The van der Waals surface area contributed by atoms with Crippen LogP contribution in [0.25, 0.3) is 5.65 Å². The molecule has 24 heavy (non-hydrogen) atoms. The summed E-state index contributed by atoms with van der Waals surface area (Å²) in [6, 6.07) is 3.64. The van der Waals surface area contributed by atoms with Crippen LogP contribution < -0.4 is 15.5 Å². The fourth-order valence-corrected chi connectivity index (χ4v) is 3.13. The predicted molar refractivity (Wildman–Crippen MR) is 90.4 cm³/mol. The number of carbonyl (C=O) groups is 1. The van der Waals surface area contributed by atoms with Crippen LogP contribution in [-0.4, -0.2) is 50.5 Å². The summed E-state index contributed by atoms with van der Waals surface area (Å²) in [5, 5.41) is 20.6. The molecule has 2 N–H and O–H groups in total. The maximum absolute atomic E-state index is 11.8. The molecule has 10 heteroatoms. The van der Waals surface area contributed by atoms with Gasteiger partial charge in [0.05, 0.1) is 0 Å². The SMILES string of the molecule is Cc1nnc2ccc(N3CC(CNC(=O)Nc4nccs4)C3)nn12. The smallest absolute Gasteiger partial charge is 0.321 e. The molecule has 0 aromatic carbocycles. The van der Waals surface area contributed by atoms with Crippen molar-refractivity contribution in [2.75, 3.05) is 29.9 Å². The van der Waals surface area contributed by atoms with E-state index in [1.807, 2.05) is 24.4 Å². The topological polar surface area (TPSA) is 100 Å². The Morgan fingerprint density at radius 3 is 3.04 bits per heavy atom. The summed E-state index contributed by atoms with van der Waals surface area (Å²) in [7, 11) is 0. The predicted octanol–water partition coefficient (Wildman–Crippen LogP) is 1.15. The van der Waals surface area contributed by atoms with E-state index >= 15 is 0 Å². The number of nitrogens with one attached hydrogen (secondary N) is 2. The van der Waals surface area contributed by atoms with Gasteiger partial charge in [0, 0.05) is 37.1 Å². The number of aromatic nitrogens is 5. The molecular formula is C14H16N8OS. The van der Waals surface area contributed by atoms with Crippen molar-refractivity contribution in [3.05, 3.63) is 29.5 Å². The van der Waals surface area contributed by atoms with Crippen LogP contribution in [0.5, 0.6) is 0 Å². The average molecular weight is 344 g/mol. The van der Waals surface area contributed by atoms with E-state index in [1.165, 1.54) is 11.3 Å². The van der Waals surface area contributed by atoms with Gasteiger partial charge in [0.15, 0.2) is 16.6 Å². The molecule has 1 aliphatic heterocycles. The zero-order valence-corrected chi connectivity index (χ0v) is 13.8. The number of anilines is 2. The Bertz CT molecular complexity index is 855. The molecule has 0 radical (unpaired) electrons. The molecule has 3 aromatic heterocycles. The molecule has 4 heterocycles. The van der Waals surface area contributed by atoms with Gasteiger partial charge < -0.3 is 10.2 Å². The minimum atomic E-state index is -0.219. The lowest BCUT2D eigenvalue weighted by Gasteiger charge is -2.40. The Labute approximate surface area is 141 Å². The lowest BCUT2D eigenvalue weighted by molar-refractivity contribution is 0.248. The van der Waals surface area contributed by atoms with Gasteiger partial charge in [-0.2, -0.15) is 4.52 Å². The van der Waals surface area contributed by atoms with Crippen molar-refractivity contribution in [3.8, 4) is 0 Å². The monoisotopic (exact) mass is 344 g/mol. The zero-order valence-electron chi connectivity index (χ0n) is 13.0. The summed E-state index contributed by atoms with van der Waals surface area (Å²) < 4.78 is 1.74. The zero-order chi connectivity index (χ0) is 16.5. The van der Waals surface area contributed by atoms with Gasteiger partial charge in [-0.1, -0.05) is 0 Å². The molecule has 4 rings (SSSR count). The molecule has 2 amide bonds. The van der Waals surface area contributed by atoms with E-state index in [-0.39, 0.29) is 6.03 Å². The van der Waals surface area contributed by atoms with Crippen LogP contribution in [0, 0.1) is 12.8 Å². The first-order valence-electron chi connectivity index (χ1n) is 7.57. The molecule has 0 spiro atoms. The maximum atomic E-state index is 11.8. The summed E-state index contributed by atoms with van der Waals surface area (Å²) >= 11 is 1.39. The first kappa shape index (κ1) is 14.8. The number of nitrogens with zero attached hydrogens (tertiary/aromatic N) is 6. The van der Waals surface area contributed by atoms with Crippen LogP contribution in [0.4, 0.5) is 15.7 Å². The number of thiazole rings is 1. The minimum absolute atomic E-state index is 0.219. The standard InChI is InChI=1S/C14H16N8OS/c1-9-18-19-11-2-3-12(20-22(9)11)21-7-10(8-21)6-16-13(23)17-14-15-4-5-24-14/h2-5,10H,6-8H2,1H3,(H2,15,16,17,23). The highest BCUT2D eigenvalue weighted by Crippen LogP contribution is 2.22. The highest BCUT2D eigenvalue weighted by molar-refractivity contribution is 7.13. The summed E-state index contributed by atoms with van der Waals surface area (Å²) in [4.78, 5) is 17.9. The van der Waals surface area contributed by atoms with Crippen molar-refractivity contribution >= 4 is 34.0 Å². The number of hydrogen-bond donors (Lipinski definition) is 2. The number of amides is 2. The lowest BCUT2D eigenvalue weighted by Crippen LogP contribution is -2.52. The number of carbonyl (C=O) groups excluding carboxylic acids is 1. The fraction of sp³-hybridized carbons (Fsp3) is 0.357. The van der Waals surface area contributed by atoms with Gasteiger partial charge in [0.25, 0.3) is 0 Å². The Kier molecular flexibility index (Phi) is 3.73. The van der Waals surface area contributed by atoms with Crippen LogP contribution in [0.2, 0.25) is 0 Å². The largest absolute Gasteiger partial charge is 0.354 e. The molecule has 0 aliphatic carbocycles. The van der Waals surface area contributed by atoms with Gasteiger partial charge >= 0.3 is 6.03 Å². The molecule has 9 nitrogen and oxygen atoms in total. The summed E-state index contributed by atoms with van der Waals surface area (Å²) in [5.74, 6) is 2.07. The van der Waals surface area contributed by atoms with Crippen molar-refractivity contribution in [2.45, 2.75) is 6.92 Å². The highest BCUT2D eigenvalue weighted by Gasteiger charge is 2.28. The highest BCUT2D eigenvalue weighted by atomic mass is 32.1. The van der Waals surface area contributed by atoms with Crippen LogP contribution in [0.1, 0.15) is 5.82 Å². The van der Waals surface area contributed by atoms with Gasteiger partial charge in [0.2, 0.25) is 0 Å². The molecule has 1 saturated heterocycles.